The highest BCUT2D eigenvalue weighted by atomic mass is 32.1. The van der Waals surface area contributed by atoms with Crippen LogP contribution in [-0.2, 0) is 11.2 Å². The van der Waals surface area contributed by atoms with Crippen molar-refractivity contribution in [2.24, 2.45) is 0 Å². The molecule has 0 bridgehead atoms. The van der Waals surface area contributed by atoms with Crippen LogP contribution >= 0.6 is 11.3 Å². The SMILES string of the molecule is Cc1ccc(-n2cnnn2)cc1NC(=O)CCCc1cccs1. The molecule has 1 amide bonds. The summed E-state index contributed by atoms with van der Waals surface area (Å²) < 4.78 is 1.56. The molecule has 118 valence electrons. The number of nitrogens with one attached hydrogen (secondary N) is 1. The van der Waals surface area contributed by atoms with Crippen LogP contribution in [0.1, 0.15) is 23.3 Å². The summed E-state index contributed by atoms with van der Waals surface area (Å²) >= 11 is 1.73. The Labute approximate surface area is 138 Å². The van der Waals surface area contributed by atoms with E-state index in [2.05, 4.69) is 32.3 Å². The second-order valence-corrected chi connectivity index (χ2v) is 6.27. The molecule has 0 unspecified atom stereocenters. The lowest BCUT2D eigenvalue weighted by molar-refractivity contribution is -0.116. The molecule has 1 N–H and O–H groups in total. The quantitative estimate of drug-likeness (QED) is 0.755. The van der Waals surface area contributed by atoms with Crippen molar-refractivity contribution in [2.45, 2.75) is 26.2 Å². The van der Waals surface area contributed by atoms with Gasteiger partial charge in [0.2, 0.25) is 5.91 Å². The Kier molecular flexibility index (Phi) is 4.77. The number of amides is 1. The van der Waals surface area contributed by atoms with Gasteiger partial charge < -0.3 is 5.32 Å². The first-order valence-electron chi connectivity index (χ1n) is 7.38. The molecule has 0 saturated heterocycles. The van der Waals surface area contributed by atoms with Crippen molar-refractivity contribution in [1.82, 2.24) is 20.2 Å². The van der Waals surface area contributed by atoms with Crippen LogP contribution in [0.2, 0.25) is 0 Å². The molecule has 3 aromatic rings. The number of aromatic nitrogens is 4. The molecular weight excluding hydrogens is 310 g/mol. The molecule has 0 aliphatic rings. The van der Waals surface area contributed by atoms with Crippen LogP contribution in [0, 0.1) is 6.92 Å². The molecule has 3 rings (SSSR count). The third kappa shape index (κ3) is 4.01. The number of rotatable bonds is 6. The van der Waals surface area contributed by atoms with Crippen molar-refractivity contribution in [1.29, 1.82) is 0 Å². The summed E-state index contributed by atoms with van der Waals surface area (Å²) in [5.74, 6) is 0.0264. The highest BCUT2D eigenvalue weighted by Crippen LogP contribution is 2.19. The molecule has 0 aliphatic heterocycles. The fraction of sp³-hybridized carbons (Fsp3) is 0.250. The molecule has 0 atom stereocenters. The lowest BCUT2D eigenvalue weighted by atomic mass is 10.1. The number of anilines is 1. The van der Waals surface area contributed by atoms with Crippen molar-refractivity contribution in [3.8, 4) is 5.69 Å². The van der Waals surface area contributed by atoms with Crippen LogP contribution < -0.4 is 5.32 Å². The lowest BCUT2D eigenvalue weighted by Crippen LogP contribution is -2.13. The van der Waals surface area contributed by atoms with E-state index in [-0.39, 0.29) is 5.91 Å². The number of aryl methyl sites for hydroxylation is 2. The van der Waals surface area contributed by atoms with Gasteiger partial charge in [0, 0.05) is 17.0 Å². The normalized spacial score (nSPS) is 10.7. The summed E-state index contributed by atoms with van der Waals surface area (Å²) in [5.41, 5.74) is 2.61. The van der Waals surface area contributed by atoms with Crippen LogP contribution in [-0.4, -0.2) is 26.1 Å². The van der Waals surface area contributed by atoms with Crippen LogP contribution in [0.15, 0.2) is 42.0 Å². The molecule has 23 heavy (non-hydrogen) atoms. The second kappa shape index (κ2) is 7.15. The van der Waals surface area contributed by atoms with E-state index in [4.69, 9.17) is 0 Å². The zero-order valence-corrected chi connectivity index (χ0v) is 13.6. The Morgan fingerprint density at radius 2 is 2.26 bits per heavy atom. The number of carbonyl (C=O) groups excluding carboxylic acids is 1. The van der Waals surface area contributed by atoms with E-state index in [1.54, 1.807) is 16.0 Å². The molecule has 6 nitrogen and oxygen atoms in total. The first-order chi connectivity index (χ1) is 11.2. The number of hydrogen-bond donors (Lipinski definition) is 1. The monoisotopic (exact) mass is 327 g/mol. The second-order valence-electron chi connectivity index (χ2n) is 5.23. The van der Waals surface area contributed by atoms with Crippen LogP contribution in [0.3, 0.4) is 0 Å². The average molecular weight is 327 g/mol. The van der Waals surface area contributed by atoms with Crippen molar-refractivity contribution < 1.29 is 4.79 Å². The van der Waals surface area contributed by atoms with Crippen molar-refractivity contribution in [2.75, 3.05) is 5.32 Å². The van der Waals surface area contributed by atoms with Gasteiger partial charge in [-0.2, -0.15) is 0 Å². The predicted octanol–water partition coefficient (Wildman–Crippen LogP) is 2.99. The number of tetrazole rings is 1. The van der Waals surface area contributed by atoms with Crippen LogP contribution in [0.5, 0.6) is 0 Å². The standard InChI is InChI=1S/C16H17N5OS/c1-12-7-8-13(21-11-17-19-20-21)10-15(12)18-16(22)6-2-4-14-5-3-9-23-14/h3,5,7-11H,2,4,6H2,1H3,(H,18,22). The predicted molar refractivity (Wildman–Crippen MR) is 89.8 cm³/mol. The van der Waals surface area contributed by atoms with Gasteiger partial charge in [0.05, 0.1) is 5.69 Å². The molecule has 1 aromatic carbocycles. The van der Waals surface area contributed by atoms with E-state index in [9.17, 15) is 4.79 Å². The van der Waals surface area contributed by atoms with Gasteiger partial charge in [-0.05, 0) is 59.3 Å². The summed E-state index contributed by atoms with van der Waals surface area (Å²) in [7, 11) is 0. The maximum Gasteiger partial charge on any atom is 0.224 e. The van der Waals surface area contributed by atoms with Gasteiger partial charge in [0.25, 0.3) is 0 Å². The highest BCUT2D eigenvalue weighted by molar-refractivity contribution is 7.09. The first kappa shape index (κ1) is 15.4. The van der Waals surface area contributed by atoms with E-state index in [1.807, 2.05) is 31.2 Å². The van der Waals surface area contributed by atoms with E-state index in [1.165, 1.54) is 11.2 Å². The molecule has 2 heterocycles. The molecule has 0 saturated carbocycles. The lowest BCUT2D eigenvalue weighted by Gasteiger charge is -2.10. The molecule has 2 aromatic heterocycles. The molecule has 7 heteroatoms. The Hall–Kier alpha value is -2.54. The minimum Gasteiger partial charge on any atom is -0.326 e. The summed E-state index contributed by atoms with van der Waals surface area (Å²) in [6.07, 6.45) is 3.82. The number of hydrogen-bond acceptors (Lipinski definition) is 5. The Morgan fingerprint density at radius 3 is 3.00 bits per heavy atom. The van der Waals surface area contributed by atoms with Crippen LogP contribution in [0.25, 0.3) is 5.69 Å². The number of benzene rings is 1. The third-order valence-electron chi connectivity index (χ3n) is 3.52. The van der Waals surface area contributed by atoms with Gasteiger partial charge in [-0.1, -0.05) is 12.1 Å². The van der Waals surface area contributed by atoms with E-state index in [0.717, 1.165) is 29.8 Å². The van der Waals surface area contributed by atoms with Gasteiger partial charge in [0.1, 0.15) is 6.33 Å². The minimum absolute atomic E-state index is 0.0264. The summed E-state index contributed by atoms with van der Waals surface area (Å²) in [5, 5.41) is 16.1. The zero-order chi connectivity index (χ0) is 16.1. The Balaban J connectivity index is 1.60. The fourth-order valence-electron chi connectivity index (χ4n) is 2.26. The smallest absolute Gasteiger partial charge is 0.224 e. The summed E-state index contributed by atoms with van der Waals surface area (Å²) in [6, 6.07) is 9.87. The number of nitrogens with zero attached hydrogens (tertiary/aromatic N) is 4. The van der Waals surface area contributed by atoms with Crippen LogP contribution in [0.4, 0.5) is 5.69 Å². The van der Waals surface area contributed by atoms with Gasteiger partial charge in [-0.25, -0.2) is 4.68 Å². The van der Waals surface area contributed by atoms with Gasteiger partial charge in [0.15, 0.2) is 0 Å². The molecule has 0 aliphatic carbocycles. The fourth-order valence-corrected chi connectivity index (χ4v) is 3.01. The van der Waals surface area contributed by atoms with Gasteiger partial charge in [-0.15, -0.1) is 16.4 Å². The molecular formula is C16H17N5OS. The maximum atomic E-state index is 12.1. The largest absolute Gasteiger partial charge is 0.326 e. The van der Waals surface area contributed by atoms with Crippen molar-refractivity contribution in [3.05, 3.63) is 52.5 Å². The number of thiophene rings is 1. The Bertz CT molecular complexity index is 768. The van der Waals surface area contributed by atoms with E-state index < -0.39 is 0 Å². The molecule has 0 radical (unpaired) electrons. The summed E-state index contributed by atoms with van der Waals surface area (Å²) in [4.78, 5) is 13.5. The molecule has 0 fully saturated rings. The highest BCUT2D eigenvalue weighted by Gasteiger charge is 2.08. The third-order valence-corrected chi connectivity index (χ3v) is 4.45. The average Bonchev–Trinajstić information content (AvgIpc) is 3.22. The Morgan fingerprint density at radius 1 is 1.35 bits per heavy atom. The first-order valence-corrected chi connectivity index (χ1v) is 8.26. The van der Waals surface area contributed by atoms with Gasteiger partial charge in [-0.3, -0.25) is 4.79 Å². The summed E-state index contributed by atoms with van der Waals surface area (Å²) in [6.45, 7) is 1.96. The van der Waals surface area contributed by atoms with E-state index >= 15 is 0 Å². The minimum atomic E-state index is 0.0264. The number of carbonyl (C=O) groups is 1. The van der Waals surface area contributed by atoms with Gasteiger partial charge >= 0.3 is 0 Å². The molecule has 0 spiro atoms. The van der Waals surface area contributed by atoms with E-state index in [0.29, 0.717) is 6.42 Å². The van der Waals surface area contributed by atoms with Crippen molar-refractivity contribution in [3.63, 3.8) is 0 Å². The maximum absolute atomic E-state index is 12.1. The zero-order valence-electron chi connectivity index (χ0n) is 12.8. The topological polar surface area (TPSA) is 72.7 Å². The van der Waals surface area contributed by atoms with Crippen molar-refractivity contribution >= 4 is 22.9 Å².